The summed E-state index contributed by atoms with van der Waals surface area (Å²) < 4.78 is 35.2. The van der Waals surface area contributed by atoms with Crippen LogP contribution in [-0.2, 0) is 4.74 Å². The van der Waals surface area contributed by atoms with Crippen molar-refractivity contribution < 1.29 is 18.3 Å². The highest BCUT2D eigenvalue weighted by Gasteiger charge is 2.25. The van der Waals surface area contributed by atoms with Crippen molar-refractivity contribution in [2.75, 3.05) is 44.3 Å². The predicted molar refractivity (Wildman–Crippen MR) is 115 cm³/mol. The lowest BCUT2D eigenvalue weighted by Crippen LogP contribution is -2.44. The summed E-state index contributed by atoms with van der Waals surface area (Å²) in [5.41, 5.74) is 0.690. The Bertz CT molecular complexity index is 578. The van der Waals surface area contributed by atoms with E-state index in [-0.39, 0.29) is 35.8 Å². The zero-order valence-corrected chi connectivity index (χ0v) is 18.1. The quantitative estimate of drug-likeness (QED) is 0.237. The number of alkyl halides is 2. The molecule has 1 unspecified atom stereocenters. The second-order valence-electron chi connectivity index (χ2n) is 5.88. The molecule has 1 aliphatic rings. The molecule has 0 saturated carbocycles. The van der Waals surface area contributed by atoms with Gasteiger partial charge in [-0.3, -0.25) is 4.99 Å². The molecule has 1 aromatic rings. The van der Waals surface area contributed by atoms with Gasteiger partial charge in [-0.1, -0.05) is 12.1 Å². The fraction of sp³-hybridized carbons (Fsp3) is 0.611. The lowest BCUT2D eigenvalue weighted by molar-refractivity contribution is -0.0495. The molecule has 0 spiro atoms. The van der Waals surface area contributed by atoms with Crippen LogP contribution in [0, 0.1) is 0 Å². The second-order valence-corrected chi connectivity index (χ2v) is 5.88. The first-order valence-corrected chi connectivity index (χ1v) is 9.05. The summed E-state index contributed by atoms with van der Waals surface area (Å²) in [6, 6.07) is 7.08. The van der Waals surface area contributed by atoms with Crippen LogP contribution in [-0.4, -0.2) is 58.0 Å². The number of guanidine groups is 1. The molecule has 1 heterocycles. The van der Waals surface area contributed by atoms with E-state index in [1.165, 1.54) is 0 Å². The van der Waals surface area contributed by atoms with Crippen molar-refractivity contribution in [2.45, 2.75) is 32.9 Å². The van der Waals surface area contributed by atoms with E-state index in [9.17, 15) is 8.78 Å². The molecule has 1 aromatic carbocycles. The van der Waals surface area contributed by atoms with Gasteiger partial charge in [0.2, 0.25) is 0 Å². The van der Waals surface area contributed by atoms with Crippen LogP contribution in [0.3, 0.4) is 0 Å². The van der Waals surface area contributed by atoms with Crippen molar-refractivity contribution in [3.63, 3.8) is 0 Å². The average Bonchev–Trinajstić information content (AvgIpc) is 3.07. The Morgan fingerprint density at radius 1 is 1.33 bits per heavy atom. The molecule has 9 heteroatoms. The molecule has 1 atom stereocenters. The van der Waals surface area contributed by atoms with E-state index in [2.05, 4.69) is 25.3 Å². The van der Waals surface area contributed by atoms with Gasteiger partial charge in [0.25, 0.3) is 0 Å². The summed E-state index contributed by atoms with van der Waals surface area (Å²) in [5, 5.41) is 6.63. The summed E-state index contributed by atoms with van der Waals surface area (Å²) in [7, 11) is 0. The number of hydrogen-bond acceptors (Lipinski definition) is 4. The van der Waals surface area contributed by atoms with Crippen LogP contribution in [0.15, 0.2) is 29.3 Å². The van der Waals surface area contributed by atoms with E-state index in [1.54, 1.807) is 12.1 Å². The summed E-state index contributed by atoms with van der Waals surface area (Å²) in [6.45, 7) is 5.21. The van der Waals surface area contributed by atoms with Crippen molar-refractivity contribution in [1.29, 1.82) is 0 Å². The van der Waals surface area contributed by atoms with Crippen molar-refractivity contribution in [2.24, 2.45) is 4.99 Å². The van der Waals surface area contributed by atoms with E-state index >= 15 is 0 Å². The van der Waals surface area contributed by atoms with E-state index < -0.39 is 6.61 Å². The number of anilines is 1. The highest BCUT2D eigenvalue weighted by molar-refractivity contribution is 14.0. The number of nitrogens with zero attached hydrogens (tertiary/aromatic N) is 2. The smallest absolute Gasteiger partial charge is 0.387 e. The molecule has 0 aromatic heterocycles. The number of hydrogen-bond donors (Lipinski definition) is 2. The normalized spacial score (nSPS) is 17.0. The molecular formula is C18H29F2IN4O2. The maximum atomic E-state index is 12.6. The number of halogens is 3. The number of rotatable bonds is 9. The van der Waals surface area contributed by atoms with Crippen LogP contribution in [0.25, 0.3) is 0 Å². The second kappa shape index (κ2) is 12.9. The molecule has 154 valence electrons. The van der Waals surface area contributed by atoms with E-state index in [1.807, 2.05) is 26.0 Å². The zero-order chi connectivity index (χ0) is 18.8. The minimum atomic E-state index is -2.83. The van der Waals surface area contributed by atoms with Gasteiger partial charge in [-0.2, -0.15) is 8.78 Å². The fourth-order valence-corrected chi connectivity index (χ4v) is 2.89. The first kappa shape index (κ1) is 23.7. The van der Waals surface area contributed by atoms with Crippen LogP contribution in [0.5, 0.6) is 5.75 Å². The van der Waals surface area contributed by atoms with E-state index in [0.717, 1.165) is 25.5 Å². The maximum absolute atomic E-state index is 12.6. The topological polar surface area (TPSA) is 58.1 Å². The van der Waals surface area contributed by atoms with Crippen molar-refractivity contribution >= 4 is 35.6 Å². The van der Waals surface area contributed by atoms with Crippen LogP contribution in [0.2, 0.25) is 0 Å². The summed E-state index contributed by atoms with van der Waals surface area (Å²) in [4.78, 5) is 6.55. The lowest BCUT2D eigenvalue weighted by Gasteiger charge is -2.22. The number of nitrogens with one attached hydrogen (secondary N) is 2. The minimum Gasteiger partial charge on any atom is -0.433 e. The Balaban J connectivity index is 0.00000364. The molecule has 0 bridgehead atoms. The van der Waals surface area contributed by atoms with Gasteiger partial charge in [-0.25, -0.2) is 0 Å². The van der Waals surface area contributed by atoms with Crippen molar-refractivity contribution in [3.8, 4) is 5.75 Å². The van der Waals surface area contributed by atoms with Gasteiger partial charge < -0.3 is 25.0 Å². The van der Waals surface area contributed by atoms with Crippen LogP contribution in [0.1, 0.15) is 20.3 Å². The first-order chi connectivity index (χ1) is 12.6. The largest absolute Gasteiger partial charge is 0.433 e. The van der Waals surface area contributed by atoms with Gasteiger partial charge in [-0.05, 0) is 32.4 Å². The molecule has 2 N–H and O–H groups in total. The highest BCUT2D eigenvalue weighted by atomic mass is 127. The van der Waals surface area contributed by atoms with Crippen LogP contribution >= 0.6 is 24.0 Å². The van der Waals surface area contributed by atoms with Crippen molar-refractivity contribution in [1.82, 2.24) is 10.6 Å². The zero-order valence-electron chi connectivity index (χ0n) is 15.8. The van der Waals surface area contributed by atoms with Gasteiger partial charge in [0.1, 0.15) is 5.75 Å². The van der Waals surface area contributed by atoms with Gasteiger partial charge in [0.05, 0.1) is 18.8 Å². The third kappa shape index (κ3) is 8.04. The Labute approximate surface area is 176 Å². The third-order valence-electron chi connectivity index (χ3n) is 4.00. The lowest BCUT2D eigenvalue weighted by atomic mass is 10.2. The molecule has 0 radical (unpaired) electrons. The predicted octanol–water partition coefficient (Wildman–Crippen LogP) is 3.08. The summed E-state index contributed by atoms with van der Waals surface area (Å²) in [5.74, 6) is 0.955. The van der Waals surface area contributed by atoms with Gasteiger partial charge in [0, 0.05) is 32.3 Å². The monoisotopic (exact) mass is 498 g/mol. The number of ether oxygens (including phenoxy) is 2. The molecule has 1 fully saturated rings. The third-order valence-corrected chi connectivity index (χ3v) is 4.00. The SMILES string of the molecule is CCNC(=NCCOCC)NC1CCN(c2ccccc2OC(F)F)C1.I. The van der Waals surface area contributed by atoms with E-state index in [0.29, 0.717) is 32.0 Å². The first-order valence-electron chi connectivity index (χ1n) is 9.05. The summed E-state index contributed by atoms with van der Waals surface area (Å²) in [6.07, 6.45) is 0.888. The molecule has 6 nitrogen and oxygen atoms in total. The Hall–Kier alpha value is -1.36. The molecular weight excluding hydrogens is 469 g/mol. The van der Waals surface area contributed by atoms with Gasteiger partial charge in [-0.15, -0.1) is 24.0 Å². The molecule has 27 heavy (non-hydrogen) atoms. The molecule has 0 aliphatic carbocycles. The summed E-state index contributed by atoms with van der Waals surface area (Å²) >= 11 is 0. The Kier molecular flexibility index (Phi) is 11.3. The highest BCUT2D eigenvalue weighted by Crippen LogP contribution is 2.31. The van der Waals surface area contributed by atoms with Gasteiger partial charge in [0.15, 0.2) is 5.96 Å². The molecule has 0 amide bonds. The number of aliphatic imine (C=N–C) groups is 1. The van der Waals surface area contributed by atoms with E-state index in [4.69, 9.17) is 4.74 Å². The number of para-hydroxylation sites is 2. The van der Waals surface area contributed by atoms with Crippen LogP contribution < -0.4 is 20.3 Å². The minimum absolute atomic E-state index is 0. The Morgan fingerprint density at radius 3 is 2.81 bits per heavy atom. The van der Waals surface area contributed by atoms with Crippen molar-refractivity contribution in [3.05, 3.63) is 24.3 Å². The Morgan fingerprint density at radius 2 is 2.11 bits per heavy atom. The maximum Gasteiger partial charge on any atom is 0.387 e. The number of benzene rings is 1. The molecule has 2 rings (SSSR count). The standard InChI is InChI=1S/C18H28F2N4O2.HI/c1-3-21-18(22-10-12-25-4-2)23-14-9-11-24(13-14)15-7-5-6-8-16(15)26-17(19)20;/h5-8,14,17H,3-4,9-13H2,1-2H3,(H2,21,22,23);1H. The molecule has 1 aliphatic heterocycles. The van der Waals surface area contributed by atoms with Crippen LogP contribution in [0.4, 0.5) is 14.5 Å². The van der Waals surface area contributed by atoms with Gasteiger partial charge >= 0.3 is 6.61 Å². The average molecular weight is 498 g/mol. The molecule has 1 saturated heterocycles. The fourth-order valence-electron chi connectivity index (χ4n) is 2.89.